The molecule has 4 heteroatoms. The first kappa shape index (κ1) is 15.7. The van der Waals surface area contributed by atoms with Crippen LogP contribution in [0.2, 0.25) is 0 Å². The number of azo groups is 2. The zero-order valence-corrected chi connectivity index (χ0v) is 4.50. The Kier molecular flexibility index (Phi) is 27.4. The van der Waals surface area contributed by atoms with Crippen LogP contribution in [0.15, 0.2) is 20.5 Å². The average Bonchev–Trinajstić information content (AvgIpc) is 1.69. The lowest BCUT2D eigenvalue weighted by Gasteiger charge is -1.73. The van der Waals surface area contributed by atoms with Crippen LogP contribution in [0, 0.1) is 0 Å². The maximum Gasteiger partial charge on any atom is 0.170 e. The van der Waals surface area contributed by atoms with Gasteiger partial charge in [-0.1, -0.05) is 14.9 Å². The molecule has 0 heterocycles. The molecule has 0 spiro atoms. The van der Waals surface area contributed by atoms with E-state index in [9.17, 15) is 0 Å². The third-order valence-corrected chi connectivity index (χ3v) is 0.409. The van der Waals surface area contributed by atoms with Crippen LogP contribution in [-0.2, 0) is 0 Å². The van der Waals surface area contributed by atoms with Crippen molar-refractivity contribution in [2.24, 2.45) is 20.5 Å². The second-order valence-electron chi connectivity index (χ2n) is 0.824. The van der Waals surface area contributed by atoms with E-state index >= 15 is 0 Å². The van der Waals surface area contributed by atoms with Gasteiger partial charge in [0.2, 0.25) is 0 Å². The van der Waals surface area contributed by atoms with Crippen LogP contribution in [0.5, 0.6) is 0 Å². The maximum atomic E-state index is 3.53. The lowest BCUT2D eigenvalue weighted by molar-refractivity contribution is 0.875. The van der Waals surface area contributed by atoms with Crippen LogP contribution in [0.1, 0.15) is 14.9 Å². The third kappa shape index (κ3) is 19.0. The van der Waals surface area contributed by atoms with Gasteiger partial charge in [-0.15, -0.1) is 0 Å². The van der Waals surface area contributed by atoms with E-state index in [1.54, 1.807) is 14.1 Å². The molecule has 0 N–H and O–H groups in total. The van der Waals surface area contributed by atoms with Crippen molar-refractivity contribution in [1.29, 1.82) is 0 Å². The first-order chi connectivity index (χ1) is 3.41. The average molecular weight is 132 g/mol. The lowest BCUT2D eigenvalue weighted by atomic mass is 11.2. The Hall–Kier alpha value is -0.800. The van der Waals surface area contributed by atoms with Gasteiger partial charge in [-0.2, -0.15) is 20.5 Å². The first-order valence-corrected chi connectivity index (χ1v) is 1.93. The standard InChI is InChI=1S/C3H8N4.2CH4/c1-4-6-3-7-5-2;;/h3H2,1-2H3;2*1H4. The molecular weight excluding hydrogens is 116 g/mol. The van der Waals surface area contributed by atoms with Gasteiger partial charge in [-0.25, -0.2) is 0 Å². The maximum absolute atomic E-state index is 3.53. The molecule has 0 aromatic carbocycles. The van der Waals surface area contributed by atoms with Crippen LogP contribution in [0.4, 0.5) is 0 Å². The highest BCUT2D eigenvalue weighted by molar-refractivity contribution is 4.23. The summed E-state index contributed by atoms with van der Waals surface area (Å²) >= 11 is 0. The molecule has 0 unspecified atom stereocenters. The molecule has 0 radical (unpaired) electrons. The Bertz CT molecular complexity index is 67.0. The molecule has 0 aliphatic rings. The highest BCUT2D eigenvalue weighted by atomic mass is 15.2. The fourth-order valence-electron chi connectivity index (χ4n) is 0.155. The van der Waals surface area contributed by atoms with Gasteiger partial charge in [-0.05, 0) is 0 Å². The Labute approximate surface area is 57.1 Å². The van der Waals surface area contributed by atoms with Gasteiger partial charge in [0.25, 0.3) is 0 Å². The SMILES string of the molecule is C.C.CN=NCN=NC. The quantitative estimate of drug-likeness (QED) is 0.518. The molecule has 4 nitrogen and oxygen atoms in total. The van der Waals surface area contributed by atoms with Crippen LogP contribution >= 0.6 is 0 Å². The predicted molar refractivity (Wildman–Crippen MR) is 39.9 cm³/mol. The van der Waals surface area contributed by atoms with Crippen molar-refractivity contribution < 1.29 is 0 Å². The highest BCUT2D eigenvalue weighted by Gasteiger charge is 1.63. The summed E-state index contributed by atoms with van der Waals surface area (Å²) in [5, 5.41) is 13.9. The molecule has 0 aliphatic carbocycles. The number of hydrogen-bond acceptors (Lipinski definition) is 4. The molecule has 0 rings (SSSR count). The third-order valence-electron chi connectivity index (χ3n) is 0.409. The molecule has 56 valence electrons. The summed E-state index contributed by atoms with van der Waals surface area (Å²) in [5.74, 6) is 0. The van der Waals surface area contributed by atoms with Crippen LogP contribution < -0.4 is 0 Å². The van der Waals surface area contributed by atoms with E-state index in [2.05, 4.69) is 20.5 Å². The van der Waals surface area contributed by atoms with Gasteiger partial charge in [0.15, 0.2) is 6.67 Å². The molecule has 0 saturated heterocycles. The lowest BCUT2D eigenvalue weighted by Crippen LogP contribution is -1.64. The fraction of sp³-hybridized carbons (Fsp3) is 1.00. The minimum absolute atomic E-state index is 0. The summed E-state index contributed by atoms with van der Waals surface area (Å²) in [6, 6.07) is 0. The summed E-state index contributed by atoms with van der Waals surface area (Å²) < 4.78 is 0. The second kappa shape index (κ2) is 15.7. The molecule has 0 aromatic heterocycles. The van der Waals surface area contributed by atoms with E-state index in [1.165, 1.54) is 0 Å². The molecular formula is C5H16N4. The molecule has 0 aromatic rings. The molecule has 0 saturated carbocycles. The van der Waals surface area contributed by atoms with Gasteiger partial charge < -0.3 is 0 Å². The molecule has 0 atom stereocenters. The predicted octanol–water partition coefficient (Wildman–Crippen LogP) is 2.38. The molecule has 0 amide bonds. The van der Waals surface area contributed by atoms with E-state index in [4.69, 9.17) is 0 Å². The Morgan fingerprint density at radius 2 is 1.22 bits per heavy atom. The van der Waals surface area contributed by atoms with Gasteiger partial charge >= 0.3 is 0 Å². The number of nitrogens with zero attached hydrogens (tertiary/aromatic N) is 4. The summed E-state index contributed by atoms with van der Waals surface area (Å²) in [5.41, 5.74) is 0. The molecule has 0 fully saturated rings. The van der Waals surface area contributed by atoms with Crippen molar-refractivity contribution in [3.05, 3.63) is 0 Å². The topological polar surface area (TPSA) is 49.4 Å². The number of rotatable bonds is 2. The summed E-state index contributed by atoms with van der Waals surface area (Å²) in [7, 11) is 3.20. The van der Waals surface area contributed by atoms with Crippen molar-refractivity contribution in [3.8, 4) is 0 Å². The molecule has 0 aliphatic heterocycles. The normalized spacial score (nSPS) is 9.11. The van der Waals surface area contributed by atoms with Gasteiger partial charge in [0.1, 0.15) is 0 Å². The van der Waals surface area contributed by atoms with E-state index in [1.807, 2.05) is 0 Å². The Morgan fingerprint density at radius 3 is 1.44 bits per heavy atom. The van der Waals surface area contributed by atoms with Gasteiger partial charge in [0.05, 0.1) is 0 Å². The Morgan fingerprint density at radius 1 is 0.889 bits per heavy atom. The monoisotopic (exact) mass is 132 g/mol. The van der Waals surface area contributed by atoms with E-state index in [0.717, 1.165) is 0 Å². The van der Waals surface area contributed by atoms with E-state index in [-0.39, 0.29) is 14.9 Å². The van der Waals surface area contributed by atoms with E-state index < -0.39 is 0 Å². The van der Waals surface area contributed by atoms with Crippen molar-refractivity contribution in [2.75, 3.05) is 20.8 Å². The largest absolute Gasteiger partial charge is 0.196 e. The van der Waals surface area contributed by atoms with Crippen molar-refractivity contribution in [3.63, 3.8) is 0 Å². The van der Waals surface area contributed by atoms with Crippen LogP contribution in [0.3, 0.4) is 0 Å². The zero-order chi connectivity index (χ0) is 5.54. The van der Waals surface area contributed by atoms with Gasteiger partial charge in [-0.3, -0.25) is 0 Å². The second-order valence-corrected chi connectivity index (χ2v) is 0.824. The summed E-state index contributed by atoms with van der Waals surface area (Å²) in [6.07, 6.45) is 0. The highest BCUT2D eigenvalue weighted by Crippen LogP contribution is 1.72. The van der Waals surface area contributed by atoms with Gasteiger partial charge in [0, 0.05) is 14.1 Å². The smallest absolute Gasteiger partial charge is 0.170 e. The fourth-order valence-corrected chi connectivity index (χ4v) is 0.155. The number of hydrogen-bond donors (Lipinski definition) is 0. The van der Waals surface area contributed by atoms with E-state index in [0.29, 0.717) is 6.67 Å². The summed E-state index contributed by atoms with van der Waals surface area (Å²) in [4.78, 5) is 0. The van der Waals surface area contributed by atoms with Crippen molar-refractivity contribution >= 4 is 0 Å². The molecule has 0 bridgehead atoms. The first-order valence-electron chi connectivity index (χ1n) is 1.93. The summed E-state index contributed by atoms with van der Waals surface area (Å²) in [6.45, 7) is 0.354. The van der Waals surface area contributed by atoms with Crippen molar-refractivity contribution in [2.45, 2.75) is 14.9 Å². The zero-order valence-electron chi connectivity index (χ0n) is 4.50. The van der Waals surface area contributed by atoms with Crippen molar-refractivity contribution in [1.82, 2.24) is 0 Å². The van der Waals surface area contributed by atoms with Crippen LogP contribution in [0.25, 0.3) is 0 Å². The minimum Gasteiger partial charge on any atom is -0.196 e. The van der Waals surface area contributed by atoms with Crippen LogP contribution in [-0.4, -0.2) is 20.8 Å². The molecule has 9 heavy (non-hydrogen) atoms. The Balaban J connectivity index is -0.000000180. The minimum atomic E-state index is 0.